The number of carbonyl (C=O) groups is 2. The van der Waals surface area contributed by atoms with Crippen LogP contribution in [0.25, 0.3) is 0 Å². The van der Waals surface area contributed by atoms with Crippen LogP contribution in [0.5, 0.6) is 5.75 Å². The maximum absolute atomic E-state index is 12.8. The zero-order valence-corrected chi connectivity index (χ0v) is 11.1. The minimum absolute atomic E-state index is 0.0437. The molecule has 0 unspecified atom stereocenters. The van der Waals surface area contributed by atoms with Crippen LogP contribution in [0.3, 0.4) is 0 Å². The third kappa shape index (κ3) is 3.46. The third-order valence-electron chi connectivity index (χ3n) is 3.31. The lowest BCUT2D eigenvalue weighted by Crippen LogP contribution is -2.42. The van der Waals surface area contributed by atoms with Crippen molar-refractivity contribution < 1.29 is 19.1 Å². The van der Waals surface area contributed by atoms with Crippen LogP contribution in [0, 0.1) is 5.82 Å². The highest BCUT2D eigenvalue weighted by Crippen LogP contribution is 2.17. The summed E-state index contributed by atoms with van der Waals surface area (Å²) >= 11 is 0. The molecule has 0 aliphatic carbocycles. The number of rotatable bonds is 3. The number of nitrogens with zero attached hydrogens (tertiary/aromatic N) is 1. The Morgan fingerprint density at radius 3 is 2.60 bits per heavy atom. The van der Waals surface area contributed by atoms with Gasteiger partial charge in [-0.05, 0) is 31.4 Å². The summed E-state index contributed by atoms with van der Waals surface area (Å²) in [6.07, 6.45) is 3.09. The van der Waals surface area contributed by atoms with Crippen LogP contribution in [0.1, 0.15) is 29.6 Å². The standard InChI is InChI=1S/C14H17FN2O3/c15-10-4-5-11(12(18)8-10)14(20)16-9-13(19)17-6-2-1-3-7-17/h4-5,8,18H,1-3,6-7,9H2,(H,16,20). The topological polar surface area (TPSA) is 69.6 Å². The molecule has 20 heavy (non-hydrogen) atoms. The Balaban J connectivity index is 1.89. The molecule has 0 atom stereocenters. The van der Waals surface area contributed by atoms with Gasteiger partial charge in [-0.3, -0.25) is 9.59 Å². The average Bonchev–Trinajstić information content (AvgIpc) is 2.45. The first kappa shape index (κ1) is 14.3. The number of carbonyl (C=O) groups excluding carboxylic acids is 2. The monoisotopic (exact) mass is 280 g/mol. The molecule has 1 saturated heterocycles. The molecule has 6 heteroatoms. The number of phenols is 1. The predicted molar refractivity (Wildman–Crippen MR) is 70.8 cm³/mol. The van der Waals surface area contributed by atoms with Gasteiger partial charge in [0.15, 0.2) is 0 Å². The number of nitrogens with one attached hydrogen (secondary N) is 1. The van der Waals surface area contributed by atoms with Crippen molar-refractivity contribution in [3.63, 3.8) is 0 Å². The highest BCUT2D eigenvalue weighted by Gasteiger charge is 2.18. The fourth-order valence-corrected chi connectivity index (χ4v) is 2.20. The Kier molecular flexibility index (Phi) is 4.55. The van der Waals surface area contributed by atoms with E-state index < -0.39 is 17.5 Å². The predicted octanol–water partition coefficient (Wildman–Crippen LogP) is 1.27. The molecule has 0 spiro atoms. The number of likely N-dealkylation sites (tertiary alicyclic amines) is 1. The summed E-state index contributed by atoms with van der Waals surface area (Å²) in [5, 5.41) is 11.9. The van der Waals surface area contributed by atoms with Crippen molar-refractivity contribution in [2.75, 3.05) is 19.6 Å². The third-order valence-corrected chi connectivity index (χ3v) is 3.31. The zero-order valence-electron chi connectivity index (χ0n) is 11.1. The summed E-state index contributed by atoms with van der Waals surface area (Å²) < 4.78 is 12.8. The van der Waals surface area contributed by atoms with Crippen LogP contribution in [0.4, 0.5) is 4.39 Å². The van der Waals surface area contributed by atoms with Crippen molar-refractivity contribution in [2.24, 2.45) is 0 Å². The van der Waals surface area contributed by atoms with E-state index in [1.54, 1.807) is 4.90 Å². The van der Waals surface area contributed by atoms with Gasteiger partial charge in [0.1, 0.15) is 11.6 Å². The fraction of sp³-hybridized carbons (Fsp3) is 0.429. The largest absolute Gasteiger partial charge is 0.507 e. The highest BCUT2D eigenvalue weighted by atomic mass is 19.1. The van der Waals surface area contributed by atoms with E-state index in [0.717, 1.165) is 44.5 Å². The summed E-state index contributed by atoms with van der Waals surface area (Å²) in [5.41, 5.74) is -0.0437. The Hall–Kier alpha value is -2.11. The van der Waals surface area contributed by atoms with E-state index >= 15 is 0 Å². The molecular formula is C14H17FN2O3. The van der Waals surface area contributed by atoms with Crippen molar-refractivity contribution in [3.8, 4) is 5.75 Å². The molecule has 1 aromatic rings. The van der Waals surface area contributed by atoms with Crippen LogP contribution in [-0.4, -0.2) is 41.5 Å². The Morgan fingerprint density at radius 1 is 1.25 bits per heavy atom. The molecule has 1 aliphatic rings. The first-order chi connectivity index (χ1) is 9.58. The lowest BCUT2D eigenvalue weighted by molar-refractivity contribution is -0.130. The van der Waals surface area contributed by atoms with E-state index in [9.17, 15) is 19.1 Å². The van der Waals surface area contributed by atoms with Gasteiger partial charge >= 0.3 is 0 Å². The maximum atomic E-state index is 12.8. The van der Waals surface area contributed by atoms with E-state index in [2.05, 4.69) is 5.32 Å². The second-order valence-electron chi connectivity index (χ2n) is 4.79. The van der Waals surface area contributed by atoms with Crippen molar-refractivity contribution in [2.45, 2.75) is 19.3 Å². The molecule has 2 amide bonds. The molecule has 2 N–H and O–H groups in total. The van der Waals surface area contributed by atoms with Gasteiger partial charge in [0, 0.05) is 19.2 Å². The summed E-state index contributed by atoms with van der Waals surface area (Å²) in [6, 6.07) is 3.13. The van der Waals surface area contributed by atoms with Crippen LogP contribution >= 0.6 is 0 Å². The van der Waals surface area contributed by atoms with Gasteiger partial charge < -0.3 is 15.3 Å². The second kappa shape index (κ2) is 6.36. The lowest BCUT2D eigenvalue weighted by Gasteiger charge is -2.26. The van der Waals surface area contributed by atoms with Crippen molar-refractivity contribution in [3.05, 3.63) is 29.6 Å². The summed E-state index contributed by atoms with van der Waals surface area (Å²) in [5.74, 6) is -1.79. The number of phenolic OH excluding ortho intramolecular Hbond substituents is 1. The molecule has 2 rings (SSSR count). The minimum Gasteiger partial charge on any atom is -0.507 e. The molecule has 0 aromatic heterocycles. The number of aromatic hydroxyl groups is 1. The Morgan fingerprint density at radius 2 is 1.95 bits per heavy atom. The lowest BCUT2D eigenvalue weighted by atomic mass is 10.1. The molecular weight excluding hydrogens is 263 g/mol. The maximum Gasteiger partial charge on any atom is 0.255 e. The Bertz CT molecular complexity index is 513. The van der Waals surface area contributed by atoms with Crippen molar-refractivity contribution >= 4 is 11.8 Å². The fourth-order valence-electron chi connectivity index (χ4n) is 2.20. The first-order valence-corrected chi connectivity index (χ1v) is 6.62. The first-order valence-electron chi connectivity index (χ1n) is 6.62. The molecule has 1 fully saturated rings. The average molecular weight is 280 g/mol. The normalized spacial score (nSPS) is 14.9. The quantitative estimate of drug-likeness (QED) is 0.876. The van der Waals surface area contributed by atoms with Crippen LogP contribution in [0.15, 0.2) is 18.2 Å². The molecule has 0 saturated carbocycles. The van der Waals surface area contributed by atoms with Gasteiger partial charge in [0.25, 0.3) is 5.91 Å². The molecule has 0 radical (unpaired) electrons. The van der Waals surface area contributed by atoms with E-state index in [1.807, 2.05) is 0 Å². The molecule has 1 heterocycles. The van der Waals surface area contributed by atoms with Gasteiger partial charge in [-0.25, -0.2) is 4.39 Å². The zero-order chi connectivity index (χ0) is 14.5. The Labute approximate surface area is 116 Å². The van der Waals surface area contributed by atoms with Gasteiger partial charge in [0.2, 0.25) is 5.91 Å². The SMILES string of the molecule is O=C(NCC(=O)N1CCCCC1)c1ccc(F)cc1O. The molecule has 5 nitrogen and oxygen atoms in total. The number of benzene rings is 1. The molecule has 1 aliphatic heterocycles. The smallest absolute Gasteiger partial charge is 0.255 e. The molecule has 0 bridgehead atoms. The number of piperidine rings is 1. The molecule has 1 aromatic carbocycles. The number of hydrogen-bond acceptors (Lipinski definition) is 3. The molecule has 108 valence electrons. The van der Waals surface area contributed by atoms with E-state index in [1.165, 1.54) is 6.07 Å². The van der Waals surface area contributed by atoms with Crippen LogP contribution < -0.4 is 5.32 Å². The van der Waals surface area contributed by atoms with Gasteiger partial charge in [-0.1, -0.05) is 0 Å². The van der Waals surface area contributed by atoms with E-state index in [4.69, 9.17) is 0 Å². The van der Waals surface area contributed by atoms with E-state index in [-0.39, 0.29) is 18.0 Å². The second-order valence-corrected chi connectivity index (χ2v) is 4.79. The number of halogens is 1. The summed E-state index contributed by atoms with van der Waals surface area (Å²) in [7, 11) is 0. The number of amides is 2. The van der Waals surface area contributed by atoms with Crippen LogP contribution in [0.2, 0.25) is 0 Å². The van der Waals surface area contributed by atoms with Gasteiger partial charge in [0.05, 0.1) is 12.1 Å². The van der Waals surface area contributed by atoms with Gasteiger partial charge in [-0.2, -0.15) is 0 Å². The van der Waals surface area contributed by atoms with Crippen LogP contribution in [-0.2, 0) is 4.79 Å². The summed E-state index contributed by atoms with van der Waals surface area (Å²) in [4.78, 5) is 25.4. The van der Waals surface area contributed by atoms with Crippen molar-refractivity contribution in [1.82, 2.24) is 10.2 Å². The number of hydrogen-bond donors (Lipinski definition) is 2. The van der Waals surface area contributed by atoms with E-state index in [0.29, 0.717) is 0 Å². The summed E-state index contributed by atoms with van der Waals surface area (Å²) in [6.45, 7) is 1.32. The highest BCUT2D eigenvalue weighted by molar-refractivity contribution is 5.98. The minimum atomic E-state index is -0.622. The van der Waals surface area contributed by atoms with Gasteiger partial charge in [-0.15, -0.1) is 0 Å². The van der Waals surface area contributed by atoms with Crippen molar-refractivity contribution in [1.29, 1.82) is 0 Å².